The Morgan fingerprint density at radius 2 is 1.50 bits per heavy atom. The molecule has 0 saturated carbocycles. The van der Waals surface area contributed by atoms with Crippen LogP contribution in [0.2, 0.25) is 0 Å². The minimum Gasteiger partial charge on any atom is -0.494 e. The summed E-state index contributed by atoms with van der Waals surface area (Å²) in [6.45, 7) is 2.66. The fraction of sp³-hybridized carbons (Fsp3) is 0.235. The SMILES string of the molecule is CCOc1ccc(OCC(=O)Cc2ccccc2)cc1. The van der Waals surface area contributed by atoms with Crippen molar-refractivity contribution in [1.29, 1.82) is 0 Å². The van der Waals surface area contributed by atoms with Crippen molar-refractivity contribution in [2.45, 2.75) is 13.3 Å². The van der Waals surface area contributed by atoms with Gasteiger partial charge < -0.3 is 9.47 Å². The Labute approximate surface area is 119 Å². The van der Waals surface area contributed by atoms with Crippen LogP contribution in [0.25, 0.3) is 0 Å². The third kappa shape index (κ3) is 4.43. The first-order chi connectivity index (χ1) is 9.78. The van der Waals surface area contributed by atoms with E-state index >= 15 is 0 Å². The summed E-state index contributed by atoms with van der Waals surface area (Å²) in [5, 5.41) is 0. The Bertz CT molecular complexity index is 532. The van der Waals surface area contributed by atoms with Crippen LogP contribution in [0.15, 0.2) is 54.6 Å². The van der Waals surface area contributed by atoms with Crippen LogP contribution in [0.3, 0.4) is 0 Å². The van der Waals surface area contributed by atoms with Gasteiger partial charge in [0.1, 0.15) is 18.1 Å². The Kier molecular flexibility index (Phi) is 5.18. The normalized spacial score (nSPS) is 10.1. The molecule has 104 valence electrons. The highest BCUT2D eigenvalue weighted by atomic mass is 16.5. The second-order valence-corrected chi connectivity index (χ2v) is 4.39. The summed E-state index contributed by atoms with van der Waals surface area (Å²) in [7, 11) is 0. The summed E-state index contributed by atoms with van der Waals surface area (Å²) >= 11 is 0. The first-order valence-corrected chi connectivity index (χ1v) is 6.69. The van der Waals surface area contributed by atoms with E-state index in [0.29, 0.717) is 18.8 Å². The van der Waals surface area contributed by atoms with E-state index in [1.54, 1.807) is 12.1 Å². The Morgan fingerprint density at radius 3 is 2.10 bits per heavy atom. The molecule has 0 atom stereocenters. The molecule has 2 rings (SSSR count). The Balaban J connectivity index is 1.81. The topological polar surface area (TPSA) is 35.5 Å². The van der Waals surface area contributed by atoms with Crippen molar-refractivity contribution in [2.75, 3.05) is 13.2 Å². The molecular formula is C17H18O3. The van der Waals surface area contributed by atoms with Crippen molar-refractivity contribution in [1.82, 2.24) is 0 Å². The van der Waals surface area contributed by atoms with Gasteiger partial charge in [-0.2, -0.15) is 0 Å². The molecule has 0 heterocycles. The molecule has 0 unspecified atom stereocenters. The lowest BCUT2D eigenvalue weighted by molar-refractivity contribution is -0.120. The monoisotopic (exact) mass is 270 g/mol. The van der Waals surface area contributed by atoms with Crippen LogP contribution in [0.5, 0.6) is 11.5 Å². The van der Waals surface area contributed by atoms with Gasteiger partial charge in [0.05, 0.1) is 6.61 Å². The first kappa shape index (κ1) is 14.1. The van der Waals surface area contributed by atoms with E-state index in [1.807, 2.05) is 49.4 Å². The molecule has 0 saturated heterocycles. The van der Waals surface area contributed by atoms with Gasteiger partial charge in [-0.05, 0) is 36.8 Å². The summed E-state index contributed by atoms with van der Waals surface area (Å²) in [5.74, 6) is 1.54. The molecule has 3 heteroatoms. The zero-order valence-corrected chi connectivity index (χ0v) is 11.5. The predicted molar refractivity (Wildman–Crippen MR) is 78.3 cm³/mol. The molecule has 0 fully saturated rings. The lowest BCUT2D eigenvalue weighted by Crippen LogP contribution is -2.13. The van der Waals surface area contributed by atoms with Crippen LogP contribution in [-0.4, -0.2) is 19.0 Å². The average Bonchev–Trinajstić information content (AvgIpc) is 2.48. The van der Waals surface area contributed by atoms with E-state index in [-0.39, 0.29) is 12.4 Å². The number of ketones is 1. The molecule has 0 aliphatic carbocycles. The third-order valence-corrected chi connectivity index (χ3v) is 2.78. The van der Waals surface area contributed by atoms with Gasteiger partial charge in [-0.15, -0.1) is 0 Å². The van der Waals surface area contributed by atoms with Crippen molar-refractivity contribution in [2.24, 2.45) is 0 Å². The minimum absolute atomic E-state index is 0.0603. The summed E-state index contributed by atoms with van der Waals surface area (Å²) < 4.78 is 10.8. The first-order valence-electron chi connectivity index (χ1n) is 6.69. The van der Waals surface area contributed by atoms with Crippen LogP contribution in [0.1, 0.15) is 12.5 Å². The highest BCUT2D eigenvalue weighted by Gasteiger charge is 2.05. The number of hydrogen-bond donors (Lipinski definition) is 0. The van der Waals surface area contributed by atoms with Crippen LogP contribution in [0.4, 0.5) is 0 Å². The quantitative estimate of drug-likeness (QED) is 0.774. The van der Waals surface area contributed by atoms with Gasteiger partial charge in [0, 0.05) is 6.42 Å². The maximum Gasteiger partial charge on any atom is 0.174 e. The second-order valence-electron chi connectivity index (χ2n) is 4.39. The molecule has 0 aliphatic heterocycles. The number of carbonyl (C=O) groups excluding carboxylic acids is 1. The molecular weight excluding hydrogens is 252 g/mol. The molecule has 2 aromatic rings. The van der Waals surface area contributed by atoms with Gasteiger partial charge >= 0.3 is 0 Å². The van der Waals surface area contributed by atoms with E-state index < -0.39 is 0 Å². The van der Waals surface area contributed by atoms with Crippen molar-refractivity contribution in [3.63, 3.8) is 0 Å². The number of ether oxygens (including phenoxy) is 2. The fourth-order valence-electron chi connectivity index (χ4n) is 1.84. The molecule has 0 aromatic heterocycles. The van der Waals surface area contributed by atoms with Crippen molar-refractivity contribution >= 4 is 5.78 Å². The zero-order valence-electron chi connectivity index (χ0n) is 11.5. The lowest BCUT2D eigenvalue weighted by Gasteiger charge is -2.07. The van der Waals surface area contributed by atoms with E-state index in [0.717, 1.165) is 11.3 Å². The summed E-state index contributed by atoms with van der Waals surface area (Å²) in [4.78, 5) is 11.8. The average molecular weight is 270 g/mol. The third-order valence-electron chi connectivity index (χ3n) is 2.78. The standard InChI is InChI=1S/C17H18O3/c1-2-19-16-8-10-17(11-9-16)20-13-15(18)12-14-6-4-3-5-7-14/h3-11H,2,12-13H2,1H3. The molecule has 0 aliphatic rings. The summed E-state index contributed by atoms with van der Waals surface area (Å²) in [6, 6.07) is 16.9. The molecule has 0 radical (unpaired) electrons. The number of Topliss-reactive ketones (excluding diaryl/α,β-unsaturated/α-hetero) is 1. The van der Waals surface area contributed by atoms with Crippen LogP contribution < -0.4 is 9.47 Å². The van der Waals surface area contributed by atoms with Crippen LogP contribution in [-0.2, 0) is 11.2 Å². The number of rotatable bonds is 7. The van der Waals surface area contributed by atoms with Crippen molar-refractivity contribution in [3.8, 4) is 11.5 Å². The molecule has 3 nitrogen and oxygen atoms in total. The Morgan fingerprint density at radius 1 is 0.900 bits per heavy atom. The number of hydrogen-bond acceptors (Lipinski definition) is 3. The molecule has 0 amide bonds. The van der Waals surface area contributed by atoms with Gasteiger partial charge in [0.2, 0.25) is 0 Å². The van der Waals surface area contributed by atoms with E-state index in [9.17, 15) is 4.79 Å². The smallest absolute Gasteiger partial charge is 0.174 e. The van der Waals surface area contributed by atoms with Crippen molar-refractivity contribution in [3.05, 3.63) is 60.2 Å². The molecule has 2 aromatic carbocycles. The minimum atomic E-state index is 0.0603. The van der Waals surface area contributed by atoms with Gasteiger partial charge in [0.25, 0.3) is 0 Å². The van der Waals surface area contributed by atoms with Crippen molar-refractivity contribution < 1.29 is 14.3 Å². The predicted octanol–water partition coefficient (Wildman–Crippen LogP) is 3.28. The molecule has 20 heavy (non-hydrogen) atoms. The largest absolute Gasteiger partial charge is 0.494 e. The van der Waals surface area contributed by atoms with Crippen LogP contribution in [0, 0.1) is 0 Å². The summed E-state index contributed by atoms with van der Waals surface area (Å²) in [5.41, 5.74) is 1.01. The van der Waals surface area contributed by atoms with E-state index in [2.05, 4.69) is 0 Å². The van der Waals surface area contributed by atoms with Gasteiger partial charge in [-0.3, -0.25) is 4.79 Å². The zero-order chi connectivity index (χ0) is 14.2. The second kappa shape index (κ2) is 7.34. The van der Waals surface area contributed by atoms with Gasteiger partial charge in [0.15, 0.2) is 5.78 Å². The fourth-order valence-corrected chi connectivity index (χ4v) is 1.84. The summed E-state index contributed by atoms with van der Waals surface area (Å²) in [6.07, 6.45) is 0.401. The lowest BCUT2D eigenvalue weighted by atomic mass is 10.1. The molecule has 0 spiro atoms. The van der Waals surface area contributed by atoms with E-state index in [4.69, 9.17) is 9.47 Å². The molecule has 0 N–H and O–H groups in total. The maximum absolute atomic E-state index is 11.8. The molecule has 0 bridgehead atoms. The van der Waals surface area contributed by atoms with Gasteiger partial charge in [-0.25, -0.2) is 0 Å². The number of carbonyl (C=O) groups is 1. The maximum atomic E-state index is 11.8. The number of benzene rings is 2. The highest BCUT2D eigenvalue weighted by Crippen LogP contribution is 2.17. The van der Waals surface area contributed by atoms with Gasteiger partial charge in [-0.1, -0.05) is 30.3 Å². The Hall–Kier alpha value is -2.29. The van der Waals surface area contributed by atoms with Crippen LogP contribution >= 0.6 is 0 Å². The highest BCUT2D eigenvalue weighted by molar-refractivity contribution is 5.82. The van der Waals surface area contributed by atoms with E-state index in [1.165, 1.54) is 0 Å².